The highest BCUT2D eigenvalue weighted by atomic mass is 15.2. The molecule has 6 nitrogen and oxygen atoms in total. The Bertz CT molecular complexity index is 2630. The van der Waals surface area contributed by atoms with E-state index < -0.39 is 0 Å². The number of anilines is 7. The second-order valence-corrected chi connectivity index (χ2v) is 13.4. The fourth-order valence-electron chi connectivity index (χ4n) is 7.44. The van der Waals surface area contributed by atoms with Gasteiger partial charge in [0.15, 0.2) is 0 Å². The SMILES string of the molecule is CN(C)c1ccc(N(c2ccccc2)c2ccncc2-c2cnccc2N(c2ccccc2)c2ccc(-n3c4ccccc4c4ccccc43)cc2)cc1. The molecule has 0 fully saturated rings. The van der Waals surface area contributed by atoms with Crippen molar-refractivity contribution in [2.24, 2.45) is 0 Å². The number of hydrogen-bond acceptors (Lipinski definition) is 5. The van der Waals surface area contributed by atoms with E-state index in [4.69, 9.17) is 4.98 Å². The van der Waals surface area contributed by atoms with Gasteiger partial charge in [0.1, 0.15) is 0 Å². The lowest BCUT2D eigenvalue weighted by atomic mass is 10.0. The Morgan fingerprint density at radius 1 is 0.389 bits per heavy atom. The van der Waals surface area contributed by atoms with Gasteiger partial charge in [-0.3, -0.25) is 9.97 Å². The molecule has 6 aromatic carbocycles. The minimum atomic E-state index is 0.960. The van der Waals surface area contributed by atoms with Crippen LogP contribution in [0.3, 0.4) is 0 Å². The quantitative estimate of drug-likeness (QED) is 0.150. The summed E-state index contributed by atoms with van der Waals surface area (Å²) >= 11 is 0. The molecule has 260 valence electrons. The third-order valence-corrected chi connectivity index (χ3v) is 9.97. The molecule has 0 aliphatic rings. The summed E-state index contributed by atoms with van der Waals surface area (Å²) in [6.07, 6.45) is 7.64. The zero-order valence-corrected chi connectivity index (χ0v) is 30.2. The molecule has 3 heterocycles. The van der Waals surface area contributed by atoms with Gasteiger partial charge in [-0.25, -0.2) is 0 Å². The van der Waals surface area contributed by atoms with Gasteiger partial charge in [0.2, 0.25) is 0 Å². The standard InChI is InChI=1S/C48H38N6/c1-51(2)35-21-23-38(24-22-35)52(36-13-5-3-6-14-36)47-29-31-49-33-43(47)44-34-50-32-30-48(44)53(37-15-7-4-8-16-37)39-25-27-40(28-26-39)54-45-19-11-9-17-41(45)42-18-10-12-20-46(42)54/h3-34H,1-2H3. The van der Waals surface area contributed by atoms with E-state index in [1.54, 1.807) is 0 Å². The first-order chi connectivity index (χ1) is 26.7. The highest BCUT2D eigenvalue weighted by Crippen LogP contribution is 2.46. The lowest BCUT2D eigenvalue weighted by Gasteiger charge is -2.30. The zero-order chi connectivity index (χ0) is 36.4. The number of pyridine rings is 2. The Balaban J connectivity index is 1.19. The molecule has 0 unspecified atom stereocenters. The maximum atomic E-state index is 4.69. The summed E-state index contributed by atoms with van der Waals surface area (Å²) < 4.78 is 2.35. The minimum absolute atomic E-state index is 0.960. The van der Waals surface area contributed by atoms with E-state index in [-0.39, 0.29) is 0 Å². The topological polar surface area (TPSA) is 40.4 Å². The van der Waals surface area contributed by atoms with E-state index in [2.05, 4.69) is 202 Å². The van der Waals surface area contributed by atoms with Crippen molar-refractivity contribution in [2.45, 2.75) is 0 Å². The van der Waals surface area contributed by atoms with Gasteiger partial charge in [-0.2, -0.15) is 0 Å². The molecule has 0 saturated carbocycles. The molecule has 0 radical (unpaired) electrons. The molecule has 0 spiro atoms. The fraction of sp³-hybridized carbons (Fsp3) is 0.0417. The highest BCUT2D eigenvalue weighted by Gasteiger charge is 2.23. The Morgan fingerprint density at radius 3 is 1.24 bits per heavy atom. The van der Waals surface area contributed by atoms with Crippen molar-refractivity contribution in [1.29, 1.82) is 0 Å². The maximum Gasteiger partial charge on any atom is 0.0572 e. The molecule has 9 aromatic rings. The van der Waals surface area contributed by atoms with Crippen LogP contribution in [0.5, 0.6) is 0 Å². The molecule has 54 heavy (non-hydrogen) atoms. The van der Waals surface area contributed by atoms with E-state index >= 15 is 0 Å². The molecule has 0 bridgehead atoms. The van der Waals surface area contributed by atoms with Gasteiger partial charge in [0.25, 0.3) is 0 Å². The first-order valence-corrected chi connectivity index (χ1v) is 18.1. The summed E-state index contributed by atoms with van der Waals surface area (Å²) in [4.78, 5) is 16.1. The summed E-state index contributed by atoms with van der Waals surface area (Å²) in [6.45, 7) is 0. The van der Waals surface area contributed by atoms with Crippen molar-refractivity contribution in [2.75, 3.05) is 28.8 Å². The second-order valence-electron chi connectivity index (χ2n) is 13.4. The lowest BCUT2D eigenvalue weighted by molar-refractivity contribution is 1.13. The average molecular weight is 699 g/mol. The molecular formula is C48H38N6. The van der Waals surface area contributed by atoms with Gasteiger partial charge in [-0.05, 0) is 97.1 Å². The zero-order valence-electron chi connectivity index (χ0n) is 30.2. The average Bonchev–Trinajstić information content (AvgIpc) is 3.57. The Hall–Kier alpha value is -7.18. The van der Waals surface area contributed by atoms with Crippen LogP contribution in [0.1, 0.15) is 0 Å². The Morgan fingerprint density at radius 2 is 0.778 bits per heavy atom. The normalized spacial score (nSPS) is 11.1. The Labute approximate surface area is 315 Å². The number of fused-ring (bicyclic) bond motifs is 3. The number of hydrogen-bond donors (Lipinski definition) is 0. The van der Waals surface area contributed by atoms with Gasteiger partial charge in [-0.15, -0.1) is 0 Å². The number of para-hydroxylation sites is 4. The molecule has 3 aromatic heterocycles. The third kappa shape index (κ3) is 5.90. The van der Waals surface area contributed by atoms with Crippen molar-refractivity contribution in [3.05, 3.63) is 195 Å². The van der Waals surface area contributed by atoms with Crippen LogP contribution < -0.4 is 14.7 Å². The van der Waals surface area contributed by atoms with Gasteiger partial charge < -0.3 is 19.3 Å². The van der Waals surface area contributed by atoms with Crippen molar-refractivity contribution in [3.63, 3.8) is 0 Å². The monoisotopic (exact) mass is 698 g/mol. The predicted molar refractivity (Wildman–Crippen MR) is 225 cm³/mol. The van der Waals surface area contributed by atoms with Crippen molar-refractivity contribution >= 4 is 61.6 Å². The first-order valence-electron chi connectivity index (χ1n) is 18.1. The van der Waals surface area contributed by atoms with E-state index in [1.807, 2.05) is 30.9 Å². The number of aromatic nitrogens is 3. The van der Waals surface area contributed by atoms with Crippen LogP contribution in [-0.2, 0) is 0 Å². The molecule has 0 aliphatic carbocycles. The molecule has 0 amide bonds. The van der Waals surface area contributed by atoms with Crippen molar-refractivity contribution < 1.29 is 0 Å². The van der Waals surface area contributed by atoms with Crippen molar-refractivity contribution in [1.82, 2.24) is 14.5 Å². The van der Waals surface area contributed by atoms with Crippen LogP contribution in [0.4, 0.5) is 39.8 Å². The first kappa shape index (κ1) is 32.7. The summed E-state index contributed by atoms with van der Waals surface area (Å²) in [5, 5.41) is 2.49. The summed E-state index contributed by atoms with van der Waals surface area (Å²) in [5.74, 6) is 0. The predicted octanol–water partition coefficient (Wildman–Crippen LogP) is 12.2. The van der Waals surface area contributed by atoms with Crippen LogP contribution in [0.2, 0.25) is 0 Å². The summed E-state index contributed by atoms with van der Waals surface area (Å²) in [6, 6.07) is 59.9. The van der Waals surface area contributed by atoms with Crippen molar-refractivity contribution in [3.8, 4) is 16.8 Å². The number of nitrogens with zero attached hydrogens (tertiary/aromatic N) is 6. The van der Waals surface area contributed by atoms with E-state index in [0.717, 1.165) is 56.6 Å². The maximum absolute atomic E-state index is 4.69. The molecule has 0 saturated heterocycles. The number of rotatable bonds is 9. The summed E-state index contributed by atoms with van der Waals surface area (Å²) in [7, 11) is 4.12. The molecule has 6 heteroatoms. The second kappa shape index (κ2) is 14.1. The molecule has 9 rings (SSSR count). The molecular weight excluding hydrogens is 661 g/mol. The third-order valence-electron chi connectivity index (χ3n) is 9.97. The minimum Gasteiger partial charge on any atom is -0.378 e. The van der Waals surface area contributed by atoms with E-state index in [0.29, 0.717) is 0 Å². The molecule has 0 atom stereocenters. The van der Waals surface area contributed by atoms with Crippen LogP contribution in [0.25, 0.3) is 38.6 Å². The fourth-order valence-corrected chi connectivity index (χ4v) is 7.44. The lowest BCUT2D eigenvalue weighted by Crippen LogP contribution is -2.14. The largest absolute Gasteiger partial charge is 0.378 e. The van der Waals surface area contributed by atoms with Gasteiger partial charge >= 0.3 is 0 Å². The van der Waals surface area contributed by atoms with Crippen LogP contribution in [0, 0.1) is 0 Å². The van der Waals surface area contributed by atoms with E-state index in [9.17, 15) is 0 Å². The summed E-state index contributed by atoms with van der Waals surface area (Å²) in [5.41, 5.74) is 12.7. The van der Waals surface area contributed by atoms with Crippen LogP contribution in [-0.4, -0.2) is 28.6 Å². The highest BCUT2D eigenvalue weighted by molar-refractivity contribution is 6.09. The molecule has 0 N–H and O–H groups in total. The van der Waals surface area contributed by atoms with Gasteiger partial charge in [0.05, 0.1) is 22.4 Å². The van der Waals surface area contributed by atoms with E-state index in [1.165, 1.54) is 21.8 Å². The van der Waals surface area contributed by atoms with Gasteiger partial charge in [-0.1, -0.05) is 72.8 Å². The van der Waals surface area contributed by atoms with Gasteiger partial charge in [0, 0.05) is 94.9 Å². The van der Waals surface area contributed by atoms with Crippen LogP contribution >= 0.6 is 0 Å². The molecule has 0 aliphatic heterocycles. The Kier molecular flexibility index (Phi) is 8.54. The smallest absolute Gasteiger partial charge is 0.0572 e. The number of benzene rings is 6. The van der Waals surface area contributed by atoms with Crippen LogP contribution in [0.15, 0.2) is 195 Å².